The van der Waals surface area contributed by atoms with Gasteiger partial charge in [0.25, 0.3) is 0 Å². The third-order valence-corrected chi connectivity index (χ3v) is 7.19. The fraction of sp³-hybridized carbons (Fsp3) is 0.176. The van der Waals surface area contributed by atoms with Gasteiger partial charge in [0.2, 0.25) is 0 Å². The van der Waals surface area contributed by atoms with E-state index in [1.165, 1.54) is 39.2 Å². The van der Waals surface area contributed by atoms with Crippen molar-refractivity contribution < 1.29 is 13.2 Å². The number of allylic oxidation sites excluding steroid dienone is 1. The average molecular weight is 510 g/mol. The van der Waals surface area contributed by atoms with Crippen LogP contribution in [0.25, 0.3) is 27.6 Å². The first kappa shape index (κ1) is 25.7. The Morgan fingerprint density at radius 3 is 1.97 bits per heavy atom. The van der Waals surface area contributed by atoms with Gasteiger partial charge in [0, 0.05) is 18.5 Å². The molecule has 0 heterocycles. The van der Waals surface area contributed by atoms with E-state index >= 15 is 0 Å². The minimum Gasteiger partial charge on any atom is -0.310 e. The molecule has 0 saturated heterocycles. The zero-order valence-electron chi connectivity index (χ0n) is 21.2. The van der Waals surface area contributed by atoms with Crippen LogP contribution in [0.5, 0.6) is 0 Å². The maximum absolute atomic E-state index is 13.2. The molecule has 0 aliphatic carbocycles. The van der Waals surface area contributed by atoms with Crippen LogP contribution in [0.15, 0.2) is 115 Å². The summed E-state index contributed by atoms with van der Waals surface area (Å²) in [5.74, 6) is 0.00875. The van der Waals surface area contributed by atoms with Crippen molar-refractivity contribution in [3.8, 4) is 0 Å². The van der Waals surface area contributed by atoms with E-state index in [1.54, 1.807) is 12.1 Å². The molecule has 0 aliphatic heterocycles. The Bertz CT molecular complexity index is 1550. The molecule has 0 radical (unpaired) electrons. The van der Waals surface area contributed by atoms with Crippen LogP contribution in [-0.4, -0.2) is 6.04 Å². The van der Waals surface area contributed by atoms with Gasteiger partial charge in [-0.1, -0.05) is 97.1 Å². The minimum atomic E-state index is -4.34. The summed E-state index contributed by atoms with van der Waals surface area (Å²) in [6.45, 7) is 2.78. The highest BCUT2D eigenvalue weighted by Gasteiger charge is 2.30. The Hall–Kier alpha value is -3.89. The monoisotopic (exact) mass is 509 g/mol. The smallest absolute Gasteiger partial charge is 0.310 e. The number of hydrogen-bond donors (Lipinski definition) is 1. The van der Waals surface area contributed by atoms with E-state index in [2.05, 4.69) is 85.1 Å². The van der Waals surface area contributed by atoms with E-state index in [0.29, 0.717) is 13.0 Å². The lowest BCUT2D eigenvalue weighted by Crippen LogP contribution is -2.31. The van der Waals surface area contributed by atoms with Crippen molar-refractivity contribution in [3.63, 3.8) is 0 Å². The molecular weight excluding hydrogens is 479 g/mol. The molecule has 5 aromatic carbocycles. The summed E-state index contributed by atoms with van der Waals surface area (Å²) in [6, 6.07) is 34.9. The lowest BCUT2D eigenvalue weighted by Gasteiger charge is -2.25. The molecule has 0 bridgehead atoms. The maximum atomic E-state index is 13.2. The van der Waals surface area contributed by atoms with Crippen molar-refractivity contribution in [2.45, 2.75) is 38.0 Å². The topological polar surface area (TPSA) is 12.0 Å². The van der Waals surface area contributed by atoms with Crippen molar-refractivity contribution in [1.82, 2.24) is 5.32 Å². The first-order valence-electron chi connectivity index (χ1n) is 12.9. The zero-order valence-corrected chi connectivity index (χ0v) is 21.2. The van der Waals surface area contributed by atoms with Gasteiger partial charge in [0.05, 0.1) is 5.56 Å². The number of nitrogens with one attached hydrogen (secondary N) is 1. The highest BCUT2D eigenvalue weighted by atomic mass is 19.4. The van der Waals surface area contributed by atoms with Gasteiger partial charge in [-0.2, -0.15) is 13.2 Å². The fourth-order valence-electron chi connectivity index (χ4n) is 4.98. The van der Waals surface area contributed by atoms with E-state index in [1.807, 2.05) is 24.3 Å². The number of alkyl halides is 3. The predicted octanol–water partition coefficient (Wildman–Crippen LogP) is 9.38. The van der Waals surface area contributed by atoms with E-state index in [-0.39, 0.29) is 12.0 Å². The van der Waals surface area contributed by atoms with Crippen LogP contribution in [0.2, 0.25) is 0 Å². The van der Waals surface area contributed by atoms with Crippen LogP contribution in [-0.2, 0) is 12.7 Å². The SMILES string of the molecule is CC(NCc1ccc2ccccc2c1)C(C/C=C/c1ccc2ccccc2c1)c1ccc(C(F)(F)F)cc1. The summed E-state index contributed by atoms with van der Waals surface area (Å²) in [6.07, 6.45) is 0.578. The third kappa shape index (κ3) is 6.15. The molecule has 5 rings (SSSR count). The van der Waals surface area contributed by atoms with Crippen molar-refractivity contribution in [1.29, 1.82) is 0 Å². The van der Waals surface area contributed by atoms with Gasteiger partial charge in [0.15, 0.2) is 0 Å². The molecular formula is C34H30F3N. The summed E-state index contributed by atoms with van der Waals surface area (Å²) < 4.78 is 39.5. The average Bonchev–Trinajstić information content (AvgIpc) is 2.93. The second-order valence-corrected chi connectivity index (χ2v) is 9.82. The molecule has 2 unspecified atom stereocenters. The molecule has 0 aliphatic rings. The van der Waals surface area contributed by atoms with E-state index < -0.39 is 11.7 Å². The van der Waals surface area contributed by atoms with Crippen molar-refractivity contribution in [2.75, 3.05) is 0 Å². The van der Waals surface area contributed by atoms with Crippen LogP contribution < -0.4 is 5.32 Å². The van der Waals surface area contributed by atoms with E-state index in [4.69, 9.17) is 0 Å². The maximum Gasteiger partial charge on any atom is 0.416 e. The second-order valence-electron chi connectivity index (χ2n) is 9.82. The summed E-state index contributed by atoms with van der Waals surface area (Å²) in [7, 11) is 0. The number of fused-ring (bicyclic) bond motifs is 2. The highest BCUT2D eigenvalue weighted by molar-refractivity contribution is 5.84. The largest absolute Gasteiger partial charge is 0.416 e. The summed E-state index contributed by atoms with van der Waals surface area (Å²) in [4.78, 5) is 0. The molecule has 0 amide bonds. The molecule has 0 spiro atoms. The lowest BCUT2D eigenvalue weighted by molar-refractivity contribution is -0.137. The van der Waals surface area contributed by atoms with Crippen LogP contribution in [0.3, 0.4) is 0 Å². The molecule has 38 heavy (non-hydrogen) atoms. The zero-order chi connectivity index (χ0) is 26.5. The Morgan fingerprint density at radius 1 is 0.711 bits per heavy atom. The van der Waals surface area contributed by atoms with Gasteiger partial charge < -0.3 is 5.32 Å². The number of rotatable bonds is 8. The molecule has 0 fully saturated rings. The number of hydrogen-bond acceptors (Lipinski definition) is 1. The molecule has 1 N–H and O–H groups in total. The standard InChI is InChI=1S/C34H30F3N/c1-24(38-23-26-14-16-28-9-3-5-11-31(28)22-26)33(29-17-19-32(20-18-29)34(35,36)37)12-6-7-25-13-15-27-8-2-4-10-30(27)21-25/h2-11,13-22,24,33,38H,12,23H2,1H3/b7-6+. The molecule has 2 atom stereocenters. The molecule has 1 nitrogen and oxygen atoms in total. The summed E-state index contributed by atoms with van der Waals surface area (Å²) in [5.41, 5.74) is 2.54. The Labute approximate surface area is 221 Å². The summed E-state index contributed by atoms with van der Waals surface area (Å²) >= 11 is 0. The number of benzene rings is 5. The first-order valence-corrected chi connectivity index (χ1v) is 12.9. The van der Waals surface area contributed by atoms with Crippen LogP contribution >= 0.6 is 0 Å². The van der Waals surface area contributed by atoms with Crippen LogP contribution in [0.4, 0.5) is 13.2 Å². The van der Waals surface area contributed by atoms with Gasteiger partial charge in [-0.25, -0.2) is 0 Å². The normalized spacial score (nSPS) is 13.8. The first-order chi connectivity index (χ1) is 18.4. The quantitative estimate of drug-likeness (QED) is 0.220. The van der Waals surface area contributed by atoms with Crippen LogP contribution in [0.1, 0.15) is 41.5 Å². The summed E-state index contributed by atoms with van der Waals surface area (Å²) in [5, 5.41) is 8.39. The molecule has 5 aromatic rings. The highest BCUT2D eigenvalue weighted by Crippen LogP contribution is 2.32. The van der Waals surface area contributed by atoms with Gasteiger partial charge in [0.1, 0.15) is 0 Å². The molecule has 0 saturated carbocycles. The number of halogens is 3. The Balaban J connectivity index is 1.34. The fourth-order valence-corrected chi connectivity index (χ4v) is 4.98. The Morgan fingerprint density at radius 2 is 1.32 bits per heavy atom. The molecule has 0 aromatic heterocycles. The van der Waals surface area contributed by atoms with Crippen molar-refractivity contribution >= 4 is 27.6 Å². The van der Waals surface area contributed by atoms with E-state index in [9.17, 15) is 13.2 Å². The van der Waals surface area contributed by atoms with E-state index in [0.717, 1.165) is 11.1 Å². The lowest BCUT2D eigenvalue weighted by atomic mass is 9.88. The second kappa shape index (κ2) is 11.2. The van der Waals surface area contributed by atoms with Crippen LogP contribution in [0, 0.1) is 0 Å². The van der Waals surface area contributed by atoms with Gasteiger partial charge in [-0.15, -0.1) is 0 Å². The predicted molar refractivity (Wildman–Crippen MR) is 152 cm³/mol. The van der Waals surface area contributed by atoms with Gasteiger partial charge >= 0.3 is 6.18 Å². The van der Waals surface area contributed by atoms with Gasteiger partial charge in [-0.05, 0) is 75.8 Å². The van der Waals surface area contributed by atoms with Crippen molar-refractivity contribution in [2.24, 2.45) is 0 Å². The van der Waals surface area contributed by atoms with Crippen molar-refractivity contribution in [3.05, 3.63) is 138 Å². The molecule has 192 valence electrons. The van der Waals surface area contributed by atoms with Gasteiger partial charge in [-0.3, -0.25) is 0 Å². The molecule has 4 heteroatoms. The minimum absolute atomic E-state index is 0.00875. The Kier molecular flexibility index (Phi) is 7.62. The third-order valence-electron chi connectivity index (χ3n) is 7.19.